The van der Waals surface area contributed by atoms with E-state index >= 15 is 0 Å². The topological polar surface area (TPSA) is 124 Å². The summed E-state index contributed by atoms with van der Waals surface area (Å²) >= 11 is 7.46. The average Bonchev–Trinajstić information content (AvgIpc) is 3.08. The van der Waals surface area contributed by atoms with Gasteiger partial charge in [0, 0.05) is 27.2 Å². The Bertz CT molecular complexity index is 1770. The van der Waals surface area contributed by atoms with Crippen LogP contribution in [0.5, 0.6) is 23.0 Å². The molecular formula is C35H34ClN3O7S. The fourth-order valence-electron chi connectivity index (χ4n) is 4.42. The van der Waals surface area contributed by atoms with Crippen molar-refractivity contribution >= 4 is 58.5 Å². The molecule has 0 fully saturated rings. The lowest BCUT2D eigenvalue weighted by Crippen LogP contribution is -2.30. The van der Waals surface area contributed by atoms with E-state index in [0.717, 1.165) is 10.5 Å². The van der Waals surface area contributed by atoms with Gasteiger partial charge in [0.2, 0.25) is 11.7 Å². The minimum absolute atomic E-state index is 0.0298. The van der Waals surface area contributed by atoms with Crippen LogP contribution in [0.3, 0.4) is 0 Å². The maximum Gasteiger partial charge on any atom is 0.272 e. The molecule has 4 aromatic carbocycles. The van der Waals surface area contributed by atoms with Crippen LogP contribution in [-0.4, -0.2) is 51.9 Å². The highest BCUT2D eigenvalue weighted by Crippen LogP contribution is 2.39. The first kappa shape index (κ1) is 34.7. The van der Waals surface area contributed by atoms with Crippen LogP contribution in [0.25, 0.3) is 6.08 Å². The number of aryl methyl sites for hydroxylation is 1. The fourth-order valence-corrected chi connectivity index (χ4v) is 5.33. The van der Waals surface area contributed by atoms with Gasteiger partial charge >= 0.3 is 0 Å². The van der Waals surface area contributed by atoms with Crippen molar-refractivity contribution in [2.24, 2.45) is 0 Å². The number of hydrogen-bond donors (Lipinski definition) is 3. The summed E-state index contributed by atoms with van der Waals surface area (Å²) in [7, 11) is 5.97. The molecule has 0 aliphatic carbocycles. The summed E-state index contributed by atoms with van der Waals surface area (Å²) in [5, 5.41) is 8.95. The number of nitrogens with one attached hydrogen (secondary N) is 3. The van der Waals surface area contributed by atoms with E-state index in [2.05, 4.69) is 16.0 Å². The number of halogens is 1. The largest absolute Gasteiger partial charge is 0.495 e. The molecule has 0 aliphatic rings. The highest BCUT2D eigenvalue weighted by molar-refractivity contribution is 8.00. The molecule has 47 heavy (non-hydrogen) atoms. The molecule has 0 unspecified atom stereocenters. The van der Waals surface area contributed by atoms with Crippen LogP contribution in [0.2, 0.25) is 5.02 Å². The zero-order valence-corrected chi connectivity index (χ0v) is 28.0. The lowest BCUT2D eigenvalue weighted by molar-refractivity contribution is -0.114. The van der Waals surface area contributed by atoms with Gasteiger partial charge < -0.3 is 34.9 Å². The zero-order valence-electron chi connectivity index (χ0n) is 26.4. The number of carbonyl (C=O) groups excluding carboxylic acids is 3. The molecule has 0 aliphatic heterocycles. The van der Waals surface area contributed by atoms with Crippen LogP contribution in [0.4, 0.5) is 11.4 Å². The van der Waals surface area contributed by atoms with Crippen LogP contribution in [-0.2, 0) is 9.59 Å². The highest BCUT2D eigenvalue weighted by atomic mass is 35.5. The Morgan fingerprint density at radius 1 is 0.787 bits per heavy atom. The lowest BCUT2D eigenvalue weighted by Gasteiger charge is -2.15. The lowest BCUT2D eigenvalue weighted by atomic mass is 10.1. The van der Waals surface area contributed by atoms with E-state index < -0.39 is 11.8 Å². The Morgan fingerprint density at radius 3 is 2.11 bits per heavy atom. The van der Waals surface area contributed by atoms with E-state index in [1.54, 1.807) is 72.8 Å². The molecule has 4 aromatic rings. The Balaban J connectivity index is 1.53. The number of thioether (sulfide) groups is 1. The smallest absolute Gasteiger partial charge is 0.272 e. The predicted octanol–water partition coefficient (Wildman–Crippen LogP) is 6.82. The number of methoxy groups -OCH3 is 4. The summed E-state index contributed by atoms with van der Waals surface area (Å²) in [4.78, 5) is 40.2. The summed E-state index contributed by atoms with van der Waals surface area (Å²) in [6.07, 6.45) is 1.51. The van der Waals surface area contributed by atoms with Crippen LogP contribution in [0, 0.1) is 6.92 Å². The molecule has 12 heteroatoms. The van der Waals surface area contributed by atoms with Crippen LogP contribution in [0.1, 0.15) is 21.5 Å². The zero-order chi connectivity index (χ0) is 33.9. The second-order valence-corrected chi connectivity index (χ2v) is 11.4. The average molecular weight is 676 g/mol. The quantitative estimate of drug-likeness (QED) is 0.104. The van der Waals surface area contributed by atoms with Gasteiger partial charge in [0.1, 0.15) is 11.4 Å². The van der Waals surface area contributed by atoms with Gasteiger partial charge in [-0.25, -0.2) is 0 Å². The maximum atomic E-state index is 13.6. The molecular weight excluding hydrogens is 642 g/mol. The van der Waals surface area contributed by atoms with E-state index in [1.165, 1.54) is 46.3 Å². The van der Waals surface area contributed by atoms with Crippen molar-refractivity contribution in [1.29, 1.82) is 0 Å². The van der Waals surface area contributed by atoms with Crippen LogP contribution >= 0.6 is 23.4 Å². The van der Waals surface area contributed by atoms with Gasteiger partial charge in [-0.3, -0.25) is 14.4 Å². The summed E-state index contributed by atoms with van der Waals surface area (Å²) < 4.78 is 21.6. The van der Waals surface area contributed by atoms with Gasteiger partial charge in [0.15, 0.2) is 11.5 Å². The molecule has 10 nitrogen and oxygen atoms in total. The van der Waals surface area contributed by atoms with Crippen molar-refractivity contribution < 1.29 is 33.3 Å². The van der Waals surface area contributed by atoms with Crippen LogP contribution in [0.15, 0.2) is 89.5 Å². The third-order valence-corrected chi connectivity index (χ3v) is 8.14. The van der Waals surface area contributed by atoms with Crippen molar-refractivity contribution in [1.82, 2.24) is 5.32 Å². The molecule has 0 aromatic heterocycles. The van der Waals surface area contributed by atoms with Crippen molar-refractivity contribution in [3.63, 3.8) is 0 Å². The number of hydrogen-bond acceptors (Lipinski definition) is 8. The van der Waals surface area contributed by atoms with E-state index in [4.69, 9.17) is 30.5 Å². The van der Waals surface area contributed by atoms with E-state index in [1.807, 2.05) is 13.0 Å². The van der Waals surface area contributed by atoms with E-state index in [9.17, 15) is 14.4 Å². The van der Waals surface area contributed by atoms with Crippen molar-refractivity contribution in [3.05, 3.63) is 106 Å². The second kappa shape index (κ2) is 16.4. The fraction of sp³-hybridized carbons (Fsp3) is 0.171. The minimum atomic E-state index is -0.576. The Kier molecular flexibility index (Phi) is 12.1. The molecule has 4 rings (SSSR count). The van der Waals surface area contributed by atoms with Gasteiger partial charge in [0.05, 0.1) is 39.9 Å². The molecule has 3 amide bonds. The molecule has 3 N–H and O–H groups in total. The second-order valence-electron chi connectivity index (χ2n) is 9.96. The van der Waals surface area contributed by atoms with Gasteiger partial charge in [-0.15, -0.1) is 11.8 Å². The number of anilines is 2. The van der Waals surface area contributed by atoms with Gasteiger partial charge in [-0.05, 0) is 72.7 Å². The first-order valence-electron chi connectivity index (χ1n) is 14.2. The minimum Gasteiger partial charge on any atom is -0.495 e. The van der Waals surface area contributed by atoms with E-state index in [0.29, 0.717) is 50.5 Å². The summed E-state index contributed by atoms with van der Waals surface area (Å²) in [5.41, 5.74) is 2.64. The monoisotopic (exact) mass is 675 g/mol. The van der Waals surface area contributed by atoms with Gasteiger partial charge in [0.25, 0.3) is 11.8 Å². The molecule has 0 atom stereocenters. The summed E-state index contributed by atoms with van der Waals surface area (Å²) in [6.45, 7) is 1.84. The first-order valence-corrected chi connectivity index (χ1v) is 15.6. The third kappa shape index (κ3) is 9.21. The molecule has 0 radical (unpaired) electrons. The summed E-state index contributed by atoms with van der Waals surface area (Å²) in [6, 6.07) is 22.3. The number of benzene rings is 4. The highest BCUT2D eigenvalue weighted by Gasteiger charge is 2.18. The molecule has 0 bridgehead atoms. The molecule has 0 heterocycles. The number of amides is 3. The summed E-state index contributed by atoms with van der Waals surface area (Å²) in [5.74, 6) is 0.410. The Hall–Kier alpha value is -5.13. The standard InChI is InChI=1S/C35H34ClN3O7S/c1-21-14-27(29(43-2)19-26(21)36)38-32(40)20-47-25-13-9-12-24(18-25)37-35(42)28(39-34(41)23-10-7-6-8-11-23)15-22-16-30(44-3)33(46-5)31(17-22)45-4/h6-19H,20H2,1-5H3,(H,37,42)(H,38,40)(H,39,41)/b28-15+. The molecule has 244 valence electrons. The predicted molar refractivity (Wildman–Crippen MR) is 185 cm³/mol. The first-order chi connectivity index (χ1) is 22.6. The van der Waals surface area contributed by atoms with Crippen molar-refractivity contribution in [2.45, 2.75) is 11.8 Å². The normalized spacial score (nSPS) is 10.9. The maximum absolute atomic E-state index is 13.6. The number of carbonyl (C=O) groups is 3. The van der Waals surface area contributed by atoms with Crippen molar-refractivity contribution in [3.8, 4) is 23.0 Å². The van der Waals surface area contributed by atoms with Gasteiger partial charge in [-0.1, -0.05) is 35.9 Å². The number of rotatable bonds is 13. The Labute approximate surface area is 282 Å². The van der Waals surface area contributed by atoms with Crippen molar-refractivity contribution in [2.75, 3.05) is 44.8 Å². The Morgan fingerprint density at radius 2 is 1.47 bits per heavy atom. The molecule has 0 saturated carbocycles. The molecule has 0 spiro atoms. The molecule has 0 saturated heterocycles. The van der Waals surface area contributed by atoms with Crippen LogP contribution < -0.4 is 34.9 Å². The SMILES string of the molecule is COc1cc(Cl)c(C)cc1NC(=O)CSc1cccc(NC(=O)/C(=C\c2cc(OC)c(OC)c(OC)c2)NC(=O)c2ccccc2)c1. The number of ether oxygens (including phenoxy) is 4. The van der Waals surface area contributed by atoms with Gasteiger partial charge in [-0.2, -0.15) is 0 Å². The van der Waals surface area contributed by atoms with E-state index in [-0.39, 0.29) is 17.4 Å². The third-order valence-electron chi connectivity index (χ3n) is 6.74.